The van der Waals surface area contributed by atoms with Crippen LogP contribution in [0.1, 0.15) is 43.0 Å². The summed E-state index contributed by atoms with van der Waals surface area (Å²) in [5.41, 5.74) is 0.692. The van der Waals surface area contributed by atoms with Crippen LogP contribution in [0.3, 0.4) is 0 Å². The average molecular weight is 386 g/mol. The van der Waals surface area contributed by atoms with Gasteiger partial charge in [0.25, 0.3) is 5.91 Å². The fourth-order valence-corrected chi connectivity index (χ4v) is 3.82. The van der Waals surface area contributed by atoms with Crippen molar-refractivity contribution in [2.45, 2.75) is 44.8 Å². The molecule has 1 aromatic carbocycles. The van der Waals surface area contributed by atoms with Crippen LogP contribution in [0.25, 0.3) is 0 Å². The number of benzene rings is 1. The van der Waals surface area contributed by atoms with E-state index in [2.05, 4.69) is 19.1 Å². The van der Waals surface area contributed by atoms with E-state index in [1.54, 1.807) is 0 Å². The van der Waals surface area contributed by atoms with Gasteiger partial charge in [-0.05, 0) is 30.7 Å². The molecule has 0 N–H and O–H groups in total. The van der Waals surface area contributed by atoms with Crippen molar-refractivity contribution in [2.75, 3.05) is 33.4 Å². The van der Waals surface area contributed by atoms with Crippen LogP contribution in [-0.2, 0) is 9.53 Å². The van der Waals surface area contributed by atoms with Gasteiger partial charge in [-0.1, -0.05) is 25.5 Å². The summed E-state index contributed by atoms with van der Waals surface area (Å²) in [6.07, 6.45) is 7.94. The molecule has 2 heterocycles. The van der Waals surface area contributed by atoms with Gasteiger partial charge >= 0.3 is 0 Å². The number of likely N-dealkylation sites (tertiary alicyclic amines) is 1. The van der Waals surface area contributed by atoms with Crippen molar-refractivity contribution < 1.29 is 19.1 Å². The number of amides is 2. The Morgan fingerprint density at radius 3 is 2.50 bits per heavy atom. The second-order valence-corrected chi connectivity index (χ2v) is 7.40. The van der Waals surface area contributed by atoms with Gasteiger partial charge in [0.2, 0.25) is 5.91 Å². The Labute approximate surface area is 167 Å². The van der Waals surface area contributed by atoms with E-state index in [0.29, 0.717) is 25.2 Å². The summed E-state index contributed by atoms with van der Waals surface area (Å²) in [5, 5.41) is 0. The first-order valence-electron chi connectivity index (χ1n) is 10.1. The number of carbonyl (C=O) groups is 2. The van der Waals surface area contributed by atoms with Crippen LogP contribution in [0.2, 0.25) is 0 Å². The molecule has 0 radical (unpaired) electrons. The lowest BCUT2D eigenvalue weighted by Gasteiger charge is -2.32. The third-order valence-corrected chi connectivity index (χ3v) is 5.37. The van der Waals surface area contributed by atoms with E-state index in [4.69, 9.17) is 9.47 Å². The predicted octanol–water partition coefficient (Wildman–Crippen LogP) is 2.88. The summed E-state index contributed by atoms with van der Waals surface area (Å²) < 4.78 is 11.0. The van der Waals surface area contributed by atoms with E-state index in [-0.39, 0.29) is 30.6 Å². The lowest BCUT2D eigenvalue weighted by molar-refractivity contribution is -0.136. The molecule has 0 bridgehead atoms. The normalized spacial score (nSPS) is 19.9. The van der Waals surface area contributed by atoms with E-state index in [1.807, 2.05) is 34.1 Å². The summed E-state index contributed by atoms with van der Waals surface area (Å²) in [6.45, 7) is 4.32. The maximum absolute atomic E-state index is 12.8. The Kier molecular flexibility index (Phi) is 7.09. The molecule has 28 heavy (non-hydrogen) atoms. The number of rotatable bonds is 7. The Balaban J connectivity index is 1.51. The van der Waals surface area contributed by atoms with Crippen molar-refractivity contribution in [2.24, 2.45) is 0 Å². The molecule has 1 unspecified atom stereocenters. The number of methoxy groups -OCH3 is 1. The van der Waals surface area contributed by atoms with Gasteiger partial charge in [0, 0.05) is 45.1 Å². The zero-order valence-electron chi connectivity index (χ0n) is 16.8. The molecular weight excluding hydrogens is 356 g/mol. The second kappa shape index (κ2) is 9.73. The molecular formula is C22H30N2O4. The zero-order valence-corrected chi connectivity index (χ0v) is 16.8. The standard InChI is InChI=1S/C22H30N2O4/c1-3-5-18-6-4-13-24(18)22(26)17-7-9-19(10-8-17)28-20-11-14-23(15-12-20)21(25)16-27-2/h4,6-10,18,20H,3,5,11-16H2,1-2H3. The molecule has 2 amide bonds. The van der Waals surface area contributed by atoms with E-state index < -0.39 is 0 Å². The molecule has 1 atom stereocenters. The first-order valence-corrected chi connectivity index (χ1v) is 10.1. The van der Waals surface area contributed by atoms with Gasteiger partial charge in [-0.2, -0.15) is 0 Å². The monoisotopic (exact) mass is 386 g/mol. The van der Waals surface area contributed by atoms with Crippen LogP contribution in [-0.4, -0.2) is 67.1 Å². The number of hydrogen-bond donors (Lipinski definition) is 0. The Morgan fingerprint density at radius 1 is 1.14 bits per heavy atom. The predicted molar refractivity (Wildman–Crippen MR) is 107 cm³/mol. The maximum Gasteiger partial charge on any atom is 0.254 e. The summed E-state index contributed by atoms with van der Waals surface area (Å²) >= 11 is 0. The molecule has 2 aliphatic heterocycles. The first-order chi connectivity index (χ1) is 13.6. The molecule has 0 aliphatic carbocycles. The van der Waals surface area contributed by atoms with Crippen molar-refractivity contribution >= 4 is 11.8 Å². The van der Waals surface area contributed by atoms with Crippen LogP contribution >= 0.6 is 0 Å². The van der Waals surface area contributed by atoms with Gasteiger partial charge in [-0.25, -0.2) is 0 Å². The van der Waals surface area contributed by atoms with Crippen molar-refractivity contribution in [3.05, 3.63) is 42.0 Å². The largest absolute Gasteiger partial charge is 0.490 e. The van der Waals surface area contributed by atoms with E-state index in [9.17, 15) is 9.59 Å². The SMILES string of the molecule is CCCC1C=CCN1C(=O)c1ccc(OC2CCN(C(=O)COC)CC2)cc1. The second-order valence-electron chi connectivity index (χ2n) is 7.40. The summed E-state index contributed by atoms with van der Waals surface area (Å²) in [5.74, 6) is 0.865. The number of ether oxygens (including phenoxy) is 2. The smallest absolute Gasteiger partial charge is 0.254 e. The minimum absolute atomic E-state index is 0.0293. The van der Waals surface area contributed by atoms with Gasteiger partial charge < -0.3 is 19.3 Å². The molecule has 1 fully saturated rings. The Morgan fingerprint density at radius 2 is 1.86 bits per heavy atom. The van der Waals surface area contributed by atoms with Gasteiger partial charge in [0.05, 0.1) is 6.04 Å². The van der Waals surface area contributed by atoms with Crippen molar-refractivity contribution in [1.29, 1.82) is 0 Å². The quantitative estimate of drug-likeness (QED) is 0.676. The highest BCUT2D eigenvalue weighted by Crippen LogP contribution is 2.22. The highest BCUT2D eigenvalue weighted by molar-refractivity contribution is 5.95. The molecule has 1 saturated heterocycles. The maximum atomic E-state index is 12.8. The van der Waals surface area contributed by atoms with Gasteiger partial charge in [0.1, 0.15) is 18.5 Å². The molecule has 6 nitrogen and oxygen atoms in total. The van der Waals surface area contributed by atoms with Crippen LogP contribution in [0.5, 0.6) is 5.75 Å². The van der Waals surface area contributed by atoms with E-state index >= 15 is 0 Å². The van der Waals surface area contributed by atoms with Gasteiger partial charge in [-0.3, -0.25) is 9.59 Å². The number of piperidine rings is 1. The summed E-state index contributed by atoms with van der Waals surface area (Å²) in [4.78, 5) is 28.4. The minimum Gasteiger partial charge on any atom is -0.490 e. The fraction of sp³-hybridized carbons (Fsp3) is 0.545. The Hall–Kier alpha value is -2.34. The molecule has 6 heteroatoms. The first kappa shape index (κ1) is 20.4. The highest BCUT2D eigenvalue weighted by Gasteiger charge is 2.26. The zero-order chi connectivity index (χ0) is 19.9. The molecule has 0 aromatic heterocycles. The molecule has 0 spiro atoms. The average Bonchev–Trinajstić information content (AvgIpc) is 3.17. The third kappa shape index (κ3) is 4.93. The van der Waals surface area contributed by atoms with Crippen molar-refractivity contribution in [1.82, 2.24) is 9.80 Å². The fourth-order valence-electron chi connectivity index (χ4n) is 3.82. The minimum atomic E-state index is 0.0293. The van der Waals surface area contributed by atoms with Crippen molar-refractivity contribution in [3.63, 3.8) is 0 Å². The molecule has 2 aliphatic rings. The van der Waals surface area contributed by atoms with Crippen LogP contribution < -0.4 is 4.74 Å². The van der Waals surface area contributed by atoms with Crippen LogP contribution in [0.15, 0.2) is 36.4 Å². The summed E-state index contributed by atoms with van der Waals surface area (Å²) in [7, 11) is 1.53. The third-order valence-electron chi connectivity index (χ3n) is 5.37. The van der Waals surface area contributed by atoms with Crippen LogP contribution in [0.4, 0.5) is 0 Å². The topological polar surface area (TPSA) is 59.1 Å². The van der Waals surface area contributed by atoms with Gasteiger partial charge in [0.15, 0.2) is 0 Å². The van der Waals surface area contributed by atoms with Crippen LogP contribution in [0, 0.1) is 0 Å². The molecule has 3 rings (SSSR count). The lowest BCUT2D eigenvalue weighted by atomic mass is 10.1. The number of nitrogens with zero attached hydrogens (tertiary/aromatic N) is 2. The van der Waals surface area contributed by atoms with Crippen molar-refractivity contribution in [3.8, 4) is 5.75 Å². The molecule has 152 valence electrons. The summed E-state index contributed by atoms with van der Waals surface area (Å²) in [6, 6.07) is 7.63. The number of hydrogen-bond acceptors (Lipinski definition) is 4. The molecule has 0 saturated carbocycles. The van der Waals surface area contributed by atoms with E-state index in [0.717, 1.165) is 31.4 Å². The lowest BCUT2D eigenvalue weighted by Crippen LogP contribution is -2.43. The highest BCUT2D eigenvalue weighted by atomic mass is 16.5. The molecule has 1 aromatic rings. The number of carbonyl (C=O) groups excluding carboxylic acids is 2. The van der Waals surface area contributed by atoms with Gasteiger partial charge in [-0.15, -0.1) is 0 Å². The Bertz CT molecular complexity index is 693. The van der Waals surface area contributed by atoms with E-state index in [1.165, 1.54) is 7.11 Å².